The van der Waals surface area contributed by atoms with Gasteiger partial charge in [0.2, 0.25) is 0 Å². The topological polar surface area (TPSA) is 0 Å². The van der Waals surface area contributed by atoms with Crippen molar-refractivity contribution >= 4 is 6.08 Å². The van der Waals surface area contributed by atoms with Gasteiger partial charge in [-0.25, -0.2) is 0 Å². The average molecular weight is 184 g/mol. The van der Waals surface area contributed by atoms with Crippen LogP contribution in [0.4, 0.5) is 0 Å². The maximum absolute atomic E-state index is 3.03. The first-order valence-corrected chi connectivity index (χ1v) is 3.93. The minimum absolute atomic E-state index is 0. The third kappa shape index (κ3) is 5.28. The second-order valence-corrected chi connectivity index (χ2v) is 2.94. The summed E-state index contributed by atoms with van der Waals surface area (Å²) >= 11 is 0. The van der Waals surface area contributed by atoms with Crippen molar-refractivity contribution in [3.8, 4) is 0 Å². The first-order chi connectivity index (χ1) is 5.29. The monoisotopic (exact) mass is 184 g/mol. The van der Waals surface area contributed by atoms with E-state index < -0.39 is 0 Å². The van der Waals surface area contributed by atoms with Gasteiger partial charge < -0.3 is 0 Å². The number of allylic oxidation sites excluding steroid dienone is 1. The largest absolute Gasteiger partial charge is 1.00 e. The van der Waals surface area contributed by atoms with E-state index in [9.17, 15) is 0 Å². The van der Waals surface area contributed by atoms with E-state index in [1.807, 2.05) is 18.2 Å². The zero-order valence-electron chi connectivity index (χ0n) is 8.04. The molecule has 0 atom stereocenters. The normalized spacial score (nSPS) is 10.2. The van der Waals surface area contributed by atoms with Gasteiger partial charge in [-0.2, -0.15) is 30.3 Å². The van der Waals surface area contributed by atoms with E-state index in [1.165, 1.54) is 5.56 Å². The summed E-state index contributed by atoms with van der Waals surface area (Å²) in [4.78, 5) is 0. The Morgan fingerprint density at radius 3 is 2.67 bits per heavy atom. The van der Waals surface area contributed by atoms with Gasteiger partial charge in [0.25, 0.3) is 0 Å². The summed E-state index contributed by atoms with van der Waals surface area (Å²) in [6, 6.07) is 11.0. The molecule has 0 saturated heterocycles. The van der Waals surface area contributed by atoms with Crippen molar-refractivity contribution in [2.75, 3.05) is 0 Å². The number of benzene rings is 1. The second kappa shape index (κ2) is 7.04. The molecule has 0 N–H and O–H groups in total. The molecule has 0 aliphatic heterocycles. The number of hydrogen-bond donors (Lipinski definition) is 0. The fraction of sp³-hybridized carbons (Fsp3) is 0.273. The van der Waals surface area contributed by atoms with Crippen LogP contribution in [0.15, 0.2) is 30.3 Å². The molecule has 0 saturated carbocycles. The summed E-state index contributed by atoms with van der Waals surface area (Å²) < 4.78 is 0. The van der Waals surface area contributed by atoms with Gasteiger partial charge in [0.1, 0.15) is 0 Å². The first kappa shape index (κ1) is 12.6. The van der Waals surface area contributed by atoms with E-state index in [0.29, 0.717) is 5.92 Å². The SMILES string of the molecule is CC(C)/C=C/c1c[c-]ccc1.[K+]. The molecule has 0 amide bonds. The predicted octanol–water partition coefficient (Wildman–Crippen LogP) is 0.160. The van der Waals surface area contributed by atoms with Crippen LogP contribution in [0.25, 0.3) is 6.08 Å². The smallest absolute Gasteiger partial charge is 0.183 e. The summed E-state index contributed by atoms with van der Waals surface area (Å²) in [5, 5.41) is 0. The quantitative estimate of drug-likeness (QED) is 0.454. The summed E-state index contributed by atoms with van der Waals surface area (Å²) in [7, 11) is 0. The van der Waals surface area contributed by atoms with E-state index in [2.05, 4.69) is 38.1 Å². The predicted molar refractivity (Wildman–Crippen MR) is 49.2 cm³/mol. The third-order valence-electron chi connectivity index (χ3n) is 1.40. The average Bonchev–Trinajstić information content (AvgIpc) is 2.03. The molecular formula is C11H13K. The van der Waals surface area contributed by atoms with E-state index in [1.54, 1.807) is 0 Å². The van der Waals surface area contributed by atoms with Crippen molar-refractivity contribution in [1.29, 1.82) is 0 Å². The van der Waals surface area contributed by atoms with Gasteiger partial charge in [-0.05, 0) is 5.92 Å². The number of rotatable bonds is 2. The van der Waals surface area contributed by atoms with Crippen molar-refractivity contribution in [2.45, 2.75) is 13.8 Å². The van der Waals surface area contributed by atoms with Crippen LogP contribution >= 0.6 is 0 Å². The fourth-order valence-corrected chi connectivity index (χ4v) is 0.814. The van der Waals surface area contributed by atoms with Crippen LogP contribution in [0.5, 0.6) is 0 Å². The molecule has 0 heterocycles. The molecule has 58 valence electrons. The molecule has 0 radical (unpaired) electrons. The van der Waals surface area contributed by atoms with Gasteiger partial charge in [-0.3, -0.25) is 0 Å². The van der Waals surface area contributed by atoms with E-state index in [4.69, 9.17) is 0 Å². The Morgan fingerprint density at radius 1 is 1.42 bits per heavy atom. The fourth-order valence-electron chi connectivity index (χ4n) is 0.814. The molecule has 0 nitrogen and oxygen atoms in total. The molecule has 1 heteroatoms. The summed E-state index contributed by atoms with van der Waals surface area (Å²) in [5.74, 6) is 0.621. The van der Waals surface area contributed by atoms with Crippen molar-refractivity contribution in [1.82, 2.24) is 0 Å². The molecule has 1 rings (SSSR count). The maximum Gasteiger partial charge on any atom is 1.00 e. The Bertz CT molecular complexity index is 224. The van der Waals surface area contributed by atoms with Gasteiger partial charge in [-0.15, -0.1) is 11.6 Å². The molecule has 0 aliphatic carbocycles. The van der Waals surface area contributed by atoms with E-state index in [-0.39, 0.29) is 51.4 Å². The Hall–Kier alpha value is 0.596. The van der Waals surface area contributed by atoms with E-state index in [0.717, 1.165) is 0 Å². The summed E-state index contributed by atoms with van der Waals surface area (Å²) in [6.07, 6.45) is 4.31. The number of hydrogen-bond acceptors (Lipinski definition) is 0. The van der Waals surface area contributed by atoms with Crippen LogP contribution < -0.4 is 51.4 Å². The van der Waals surface area contributed by atoms with Gasteiger partial charge in [0.15, 0.2) is 0 Å². The maximum atomic E-state index is 3.03. The van der Waals surface area contributed by atoms with Crippen molar-refractivity contribution in [3.05, 3.63) is 42.0 Å². The van der Waals surface area contributed by atoms with Crippen LogP contribution in [0, 0.1) is 12.0 Å². The molecule has 0 fully saturated rings. The second-order valence-electron chi connectivity index (χ2n) is 2.94. The van der Waals surface area contributed by atoms with Crippen molar-refractivity contribution < 1.29 is 51.4 Å². The minimum Gasteiger partial charge on any atom is -0.183 e. The van der Waals surface area contributed by atoms with Crippen LogP contribution in [0.3, 0.4) is 0 Å². The molecule has 0 spiro atoms. The van der Waals surface area contributed by atoms with E-state index >= 15 is 0 Å². The Kier molecular flexibility index (Phi) is 7.39. The van der Waals surface area contributed by atoms with Crippen molar-refractivity contribution in [3.63, 3.8) is 0 Å². The first-order valence-electron chi connectivity index (χ1n) is 3.93. The Labute approximate surface area is 117 Å². The van der Waals surface area contributed by atoms with Crippen LogP contribution in [0.1, 0.15) is 19.4 Å². The zero-order chi connectivity index (χ0) is 8.10. The molecule has 1 aromatic rings. The summed E-state index contributed by atoms with van der Waals surface area (Å²) in [5.41, 5.74) is 1.22. The van der Waals surface area contributed by atoms with Crippen LogP contribution in [-0.4, -0.2) is 0 Å². The summed E-state index contributed by atoms with van der Waals surface area (Å²) in [6.45, 7) is 4.34. The molecule has 0 aromatic heterocycles. The molecule has 0 unspecified atom stereocenters. The van der Waals surface area contributed by atoms with Crippen LogP contribution in [0.2, 0.25) is 0 Å². The standard InChI is InChI=1S/C11H13.K/c1-10(2)8-9-11-6-4-3-5-7-11;/h3-4,6-10H,1-2H3;/q-1;+1/b9-8+;. The molecule has 12 heavy (non-hydrogen) atoms. The Balaban J connectivity index is 0.00000121. The van der Waals surface area contributed by atoms with Gasteiger partial charge in [-0.1, -0.05) is 19.9 Å². The zero-order valence-corrected chi connectivity index (χ0v) is 11.2. The molecule has 1 aromatic carbocycles. The minimum atomic E-state index is 0. The third-order valence-corrected chi connectivity index (χ3v) is 1.40. The van der Waals surface area contributed by atoms with Crippen molar-refractivity contribution in [2.24, 2.45) is 5.92 Å². The van der Waals surface area contributed by atoms with Crippen LogP contribution in [-0.2, 0) is 0 Å². The molecule has 0 aliphatic rings. The Morgan fingerprint density at radius 2 is 2.17 bits per heavy atom. The molecular weight excluding hydrogens is 171 g/mol. The van der Waals surface area contributed by atoms with Gasteiger partial charge in [0.05, 0.1) is 0 Å². The van der Waals surface area contributed by atoms with Gasteiger partial charge in [0, 0.05) is 0 Å². The molecule has 0 bridgehead atoms. The van der Waals surface area contributed by atoms with Gasteiger partial charge >= 0.3 is 51.4 Å².